The van der Waals surface area contributed by atoms with Gasteiger partial charge in [-0.3, -0.25) is 19.1 Å². The summed E-state index contributed by atoms with van der Waals surface area (Å²) in [5, 5.41) is 9.80. The summed E-state index contributed by atoms with van der Waals surface area (Å²) >= 11 is 6.85. The van der Waals surface area contributed by atoms with Crippen molar-refractivity contribution in [2.45, 2.75) is 59.5 Å². The van der Waals surface area contributed by atoms with Crippen LogP contribution in [0.2, 0.25) is 0 Å². The number of carbonyl (C=O) groups excluding carboxylic acids is 1. The Labute approximate surface area is 216 Å². The molecule has 1 aromatic carbocycles. The summed E-state index contributed by atoms with van der Waals surface area (Å²) in [6, 6.07) is 10.2. The van der Waals surface area contributed by atoms with Gasteiger partial charge in [-0.05, 0) is 56.7 Å². The second-order valence-corrected chi connectivity index (χ2v) is 10.8. The second kappa shape index (κ2) is 10.8. The first-order valence-electron chi connectivity index (χ1n) is 12.1. The Hall–Kier alpha value is -2.89. The Morgan fingerprint density at radius 2 is 1.80 bits per heavy atom. The molecule has 2 aliphatic rings. The van der Waals surface area contributed by atoms with Crippen molar-refractivity contribution < 1.29 is 4.79 Å². The number of pyridine rings is 1. The van der Waals surface area contributed by atoms with Crippen molar-refractivity contribution in [1.29, 1.82) is 5.26 Å². The number of nitrogens with zero attached hydrogens (tertiary/aromatic N) is 4. The molecule has 35 heavy (non-hydrogen) atoms. The maximum absolute atomic E-state index is 13.4. The van der Waals surface area contributed by atoms with Crippen molar-refractivity contribution in [3.8, 4) is 6.07 Å². The standard InChI is InChI=1S/C27H30N4O2S2/c1-4-12-30-24(29-13-6-5-7-14-29)21(19(3)22(16-28)25(30)32)15-23-26(33)31(27(34)35-23)17-20-10-8-18(2)9-11-20/h8-11,15H,4-7,12-14,17H2,1-3H3/b23-15+. The maximum Gasteiger partial charge on any atom is 0.270 e. The van der Waals surface area contributed by atoms with Crippen molar-refractivity contribution in [1.82, 2.24) is 9.47 Å². The van der Waals surface area contributed by atoms with E-state index in [-0.39, 0.29) is 17.0 Å². The number of aromatic nitrogens is 1. The van der Waals surface area contributed by atoms with Gasteiger partial charge in [-0.15, -0.1) is 0 Å². The Kier molecular flexibility index (Phi) is 7.78. The van der Waals surface area contributed by atoms with Crippen LogP contribution in [0.1, 0.15) is 60.4 Å². The lowest BCUT2D eigenvalue weighted by atomic mass is 10.0. The molecule has 8 heteroatoms. The van der Waals surface area contributed by atoms with Gasteiger partial charge in [0.2, 0.25) is 0 Å². The predicted octanol–water partition coefficient (Wildman–Crippen LogP) is 5.14. The monoisotopic (exact) mass is 506 g/mol. The quantitative estimate of drug-likeness (QED) is 0.399. The summed E-state index contributed by atoms with van der Waals surface area (Å²) in [5.41, 5.74) is 3.45. The third-order valence-electron chi connectivity index (χ3n) is 6.56. The van der Waals surface area contributed by atoms with Crippen LogP contribution >= 0.6 is 24.0 Å². The maximum atomic E-state index is 13.4. The molecule has 6 nitrogen and oxygen atoms in total. The van der Waals surface area contributed by atoms with E-state index >= 15 is 0 Å². The Morgan fingerprint density at radius 3 is 2.43 bits per heavy atom. The topological polar surface area (TPSA) is 69.3 Å². The molecule has 2 aromatic rings. The van der Waals surface area contributed by atoms with E-state index in [1.54, 1.807) is 9.47 Å². The number of nitriles is 1. The lowest BCUT2D eigenvalue weighted by Gasteiger charge is -2.33. The molecule has 0 saturated carbocycles. The average molecular weight is 507 g/mol. The van der Waals surface area contributed by atoms with Crippen molar-refractivity contribution in [3.05, 3.63) is 67.3 Å². The molecule has 2 fully saturated rings. The van der Waals surface area contributed by atoms with E-state index in [0.29, 0.717) is 27.9 Å². The molecule has 1 amide bonds. The van der Waals surface area contributed by atoms with E-state index in [4.69, 9.17) is 12.2 Å². The minimum absolute atomic E-state index is 0.139. The fourth-order valence-corrected chi connectivity index (χ4v) is 5.90. The van der Waals surface area contributed by atoms with Gasteiger partial charge in [-0.25, -0.2) is 0 Å². The summed E-state index contributed by atoms with van der Waals surface area (Å²) in [4.78, 5) is 31.1. The fourth-order valence-electron chi connectivity index (χ4n) is 4.67. The summed E-state index contributed by atoms with van der Waals surface area (Å²) in [5.74, 6) is 0.674. The molecule has 0 aliphatic carbocycles. The Bertz CT molecular complexity index is 1280. The van der Waals surface area contributed by atoms with Crippen molar-refractivity contribution in [2.75, 3.05) is 18.0 Å². The number of thioether (sulfide) groups is 1. The third kappa shape index (κ3) is 5.07. The number of piperidine rings is 1. The third-order valence-corrected chi connectivity index (χ3v) is 7.94. The summed E-state index contributed by atoms with van der Waals surface area (Å²) in [6.45, 7) is 8.50. The van der Waals surface area contributed by atoms with E-state index in [0.717, 1.165) is 61.3 Å². The van der Waals surface area contributed by atoms with Gasteiger partial charge < -0.3 is 4.90 Å². The molecule has 0 bridgehead atoms. The zero-order chi connectivity index (χ0) is 25.1. The highest BCUT2D eigenvalue weighted by Gasteiger charge is 2.33. The molecule has 2 saturated heterocycles. The predicted molar refractivity (Wildman–Crippen MR) is 146 cm³/mol. The summed E-state index contributed by atoms with van der Waals surface area (Å²) in [7, 11) is 0. The van der Waals surface area contributed by atoms with Crippen molar-refractivity contribution >= 4 is 46.1 Å². The molecule has 0 atom stereocenters. The first kappa shape index (κ1) is 25.2. The molecule has 0 N–H and O–H groups in total. The number of hydrogen-bond donors (Lipinski definition) is 0. The SMILES string of the molecule is CCCn1c(N2CCCCC2)c(/C=C2/SC(=S)N(Cc3ccc(C)cc3)C2=O)c(C)c(C#N)c1=O. The van der Waals surface area contributed by atoms with E-state index in [9.17, 15) is 14.9 Å². The van der Waals surface area contributed by atoms with E-state index in [1.165, 1.54) is 11.8 Å². The number of hydrogen-bond acceptors (Lipinski definition) is 6. The van der Waals surface area contributed by atoms with E-state index in [1.807, 2.05) is 51.1 Å². The zero-order valence-electron chi connectivity index (χ0n) is 20.5. The Morgan fingerprint density at radius 1 is 1.11 bits per heavy atom. The molecule has 4 rings (SSSR count). The van der Waals surface area contributed by atoms with Crippen LogP contribution in [0.5, 0.6) is 0 Å². The van der Waals surface area contributed by atoms with Gasteiger partial charge in [-0.2, -0.15) is 5.26 Å². The van der Waals surface area contributed by atoms with E-state index < -0.39 is 0 Å². The summed E-state index contributed by atoms with van der Waals surface area (Å²) < 4.78 is 2.25. The van der Waals surface area contributed by atoms with Gasteiger partial charge in [0.25, 0.3) is 11.5 Å². The molecule has 3 heterocycles. The van der Waals surface area contributed by atoms with Crippen LogP contribution in [-0.4, -0.2) is 32.8 Å². The molecule has 1 aromatic heterocycles. The molecule has 0 unspecified atom stereocenters. The van der Waals surface area contributed by atoms with Gasteiger partial charge >= 0.3 is 0 Å². The van der Waals surface area contributed by atoms with Gasteiger partial charge in [-0.1, -0.05) is 60.7 Å². The highest BCUT2D eigenvalue weighted by atomic mass is 32.2. The number of carbonyl (C=O) groups is 1. The Balaban J connectivity index is 1.80. The molecular weight excluding hydrogens is 476 g/mol. The highest BCUT2D eigenvalue weighted by Crippen LogP contribution is 2.37. The van der Waals surface area contributed by atoms with Crippen LogP contribution in [0.4, 0.5) is 5.82 Å². The highest BCUT2D eigenvalue weighted by molar-refractivity contribution is 8.26. The van der Waals surface area contributed by atoms with Gasteiger partial charge in [0.05, 0.1) is 11.4 Å². The zero-order valence-corrected chi connectivity index (χ0v) is 22.1. The average Bonchev–Trinajstić information content (AvgIpc) is 3.11. The number of anilines is 1. The molecule has 182 valence electrons. The smallest absolute Gasteiger partial charge is 0.270 e. The normalized spacial score (nSPS) is 17.4. The first-order chi connectivity index (χ1) is 16.8. The molecular formula is C27H30N4O2S2. The molecule has 0 radical (unpaired) electrons. The number of rotatable bonds is 6. The van der Waals surface area contributed by atoms with E-state index in [2.05, 4.69) is 11.0 Å². The first-order valence-corrected chi connectivity index (χ1v) is 13.3. The van der Waals surface area contributed by atoms with Crippen LogP contribution in [0.3, 0.4) is 0 Å². The fraction of sp³-hybridized carbons (Fsp3) is 0.407. The minimum Gasteiger partial charge on any atom is -0.357 e. The summed E-state index contributed by atoms with van der Waals surface area (Å²) in [6.07, 6.45) is 5.89. The van der Waals surface area contributed by atoms with Crippen LogP contribution in [0, 0.1) is 25.2 Å². The number of aryl methyl sites for hydroxylation is 1. The van der Waals surface area contributed by atoms with Gasteiger partial charge in [0.15, 0.2) is 0 Å². The lowest BCUT2D eigenvalue weighted by Crippen LogP contribution is -2.37. The number of thiocarbonyl (C=S) groups is 1. The number of benzene rings is 1. The molecule has 2 aliphatic heterocycles. The van der Waals surface area contributed by atoms with Gasteiger partial charge in [0, 0.05) is 25.2 Å². The number of amides is 1. The van der Waals surface area contributed by atoms with Crippen LogP contribution < -0.4 is 10.5 Å². The van der Waals surface area contributed by atoms with Crippen LogP contribution in [0.25, 0.3) is 6.08 Å². The largest absolute Gasteiger partial charge is 0.357 e. The molecule has 0 spiro atoms. The van der Waals surface area contributed by atoms with Crippen LogP contribution in [0.15, 0.2) is 34.0 Å². The lowest BCUT2D eigenvalue weighted by molar-refractivity contribution is -0.122. The van der Waals surface area contributed by atoms with Crippen molar-refractivity contribution in [2.24, 2.45) is 0 Å². The van der Waals surface area contributed by atoms with Crippen molar-refractivity contribution in [3.63, 3.8) is 0 Å². The van der Waals surface area contributed by atoms with Crippen LogP contribution in [-0.2, 0) is 17.9 Å². The second-order valence-electron chi connectivity index (χ2n) is 9.11. The minimum atomic E-state index is -0.253. The van der Waals surface area contributed by atoms with Gasteiger partial charge in [0.1, 0.15) is 21.8 Å².